The second-order valence-corrected chi connectivity index (χ2v) is 4.71. The van der Waals surface area contributed by atoms with Gasteiger partial charge in [-0.15, -0.1) is 5.10 Å². The summed E-state index contributed by atoms with van der Waals surface area (Å²) < 4.78 is 1.75. The lowest BCUT2D eigenvalue weighted by Gasteiger charge is -2.12. The fraction of sp³-hybridized carbons (Fsp3) is 0.429. The van der Waals surface area contributed by atoms with Gasteiger partial charge in [0.25, 0.3) is 0 Å². The molecule has 1 aromatic heterocycles. The first-order valence-electron chi connectivity index (χ1n) is 6.74. The van der Waals surface area contributed by atoms with Crippen molar-refractivity contribution in [3.8, 4) is 0 Å². The van der Waals surface area contributed by atoms with Crippen LogP contribution >= 0.6 is 0 Å². The Bertz CT molecular complexity index is 590. The molecule has 1 heterocycles. The molecule has 0 saturated carbocycles. The summed E-state index contributed by atoms with van der Waals surface area (Å²) in [5.41, 5.74) is 1.16. The third kappa shape index (κ3) is 3.01. The fourth-order valence-electron chi connectivity index (χ4n) is 2.25. The minimum atomic E-state index is -0.927. The number of carbonyl (C=O) groups is 1. The van der Waals surface area contributed by atoms with Crippen molar-refractivity contribution in [1.29, 1.82) is 0 Å². The quantitative estimate of drug-likeness (QED) is 0.874. The first-order valence-corrected chi connectivity index (χ1v) is 6.74. The summed E-state index contributed by atoms with van der Waals surface area (Å²) in [6.45, 7) is 4.70. The van der Waals surface area contributed by atoms with Crippen LogP contribution in [0.1, 0.15) is 54.4 Å². The number of aromatic nitrogens is 4. The summed E-state index contributed by atoms with van der Waals surface area (Å²) in [6, 6.07) is 6.85. The zero-order chi connectivity index (χ0) is 14.5. The van der Waals surface area contributed by atoms with Crippen LogP contribution in [-0.2, 0) is 6.54 Å². The Balaban J connectivity index is 2.24. The molecule has 20 heavy (non-hydrogen) atoms. The molecule has 0 bridgehead atoms. The number of carboxylic acid groups (broad SMARTS) is 1. The number of carboxylic acids is 1. The van der Waals surface area contributed by atoms with Gasteiger partial charge in [-0.1, -0.05) is 26.0 Å². The van der Waals surface area contributed by atoms with Gasteiger partial charge in [-0.3, -0.25) is 0 Å². The molecule has 0 aliphatic heterocycles. The van der Waals surface area contributed by atoms with Gasteiger partial charge in [-0.05, 0) is 41.0 Å². The number of tetrazole rings is 1. The van der Waals surface area contributed by atoms with Gasteiger partial charge >= 0.3 is 5.97 Å². The lowest BCUT2D eigenvalue weighted by Crippen LogP contribution is -2.11. The summed E-state index contributed by atoms with van der Waals surface area (Å²) >= 11 is 0. The van der Waals surface area contributed by atoms with Crippen LogP contribution < -0.4 is 0 Å². The first kappa shape index (κ1) is 14.2. The van der Waals surface area contributed by atoms with E-state index in [1.807, 2.05) is 6.07 Å². The van der Waals surface area contributed by atoms with E-state index < -0.39 is 5.97 Å². The van der Waals surface area contributed by atoms with Crippen LogP contribution in [0.3, 0.4) is 0 Å². The van der Waals surface area contributed by atoms with Gasteiger partial charge in [-0.25, -0.2) is 9.48 Å². The Hall–Kier alpha value is -2.24. The van der Waals surface area contributed by atoms with E-state index in [4.69, 9.17) is 5.11 Å². The monoisotopic (exact) mass is 274 g/mol. The van der Waals surface area contributed by atoms with Crippen molar-refractivity contribution in [2.24, 2.45) is 0 Å². The summed E-state index contributed by atoms with van der Waals surface area (Å²) in [5.74, 6) is 0.257. The zero-order valence-corrected chi connectivity index (χ0v) is 11.7. The van der Waals surface area contributed by atoms with Crippen molar-refractivity contribution < 1.29 is 9.90 Å². The fourth-order valence-corrected chi connectivity index (χ4v) is 2.25. The van der Waals surface area contributed by atoms with Crippen molar-refractivity contribution in [3.63, 3.8) is 0 Å². The minimum absolute atomic E-state index is 0.277. The van der Waals surface area contributed by atoms with E-state index >= 15 is 0 Å². The SMILES string of the molecule is CCC(CC)c1nnnn1Cc1cccc(C(=O)O)c1. The third-order valence-corrected chi connectivity index (χ3v) is 3.42. The maximum atomic E-state index is 11.0. The number of hydrogen-bond donors (Lipinski definition) is 1. The second kappa shape index (κ2) is 6.27. The standard InChI is InChI=1S/C14H18N4O2/c1-3-11(4-2)13-15-16-17-18(13)9-10-6-5-7-12(8-10)14(19)20/h5-8,11H,3-4,9H2,1-2H3,(H,19,20). The molecule has 0 saturated heterocycles. The predicted molar refractivity (Wildman–Crippen MR) is 73.6 cm³/mol. The van der Waals surface area contributed by atoms with Gasteiger partial charge in [0.1, 0.15) is 0 Å². The molecule has 0 unspecified atom stereocenters. The highest BCUT2D eigenvalue weighted by Crippen LogP contribution is 2.20. The molecule has 0 aliphatic rings. The molecule has 0 fully saturated rings. The summed E-state index contributed by atoms with van der Waals surface area (Å²) in [7, 11) is 0. The smallest absolute Gasteiger partial charge is 0.335 e. The second-order valence-electron chi connectivity index (χ2n) is 4.71. The highest BCUT2D eigenvalue weighted by atomic mass is 16.4. The van der Waals surface area contributed by atoms with Gasteiger partial charge in [-0.2, -0.15) is 0 Å². The van der Waals surface area contributed by atoms with Crippen molar-refractivity contribution in [1.82, 2.24) is 20.2 Å². The van der Waals surface area contributed by atoms with E-state index in [0.717, 1.165) is 24.2 Å². The molecule has 6 heteroatoms. The van der Waals surface area contributed by atoms with Crippen LogP contribution in [0.2, 0.25) is 0 Å². The van der Waals surface area contributed by atoms with E-state index in [1.54, 1.807) is 22.9 Å². The maximum Gasteiger partial charge on any atom is 0.335 e. The maximum absolute atomic E-state index is 11.0. The number of aromatic carboxylic acids is 1. The molecule has 1 N–H and O–H groups in total. The molecule has 0 atom stereocenters. The highest BCUT2D eigenvalue weighted by molar-refractivity contribution is 5.87. The van der Waals surface area contributed by atoms with Gasteiger partial charge in [0, 0.05) is 5.92 Å². The first-order chi connectivity index (χ1) is 9.65. The molecule has 0 spiro atoms. The van der Waals surface area contributed by atoms with Crippen LogP contribution in [0.25, 0.3) is 0 Å². The topological polar surface area (TPSA) is 80.9 Å². The number of benzene rings is 1. The Morgan fingerprint density at radius 3 is 2.75 bits per heavy atom. The van der Waals surface area contributed by atoms with Gasteiger partial charge in [0.05, 0.1) is 12.1 Å². The summed E-state index contributed by atoms with van der Waals surface area (Å²) in [4.78, 5) is 11.0. The normalized spacial score (nSPS) is 10.9. The van der Waals surface area contributed by atoms with Crippen LogP contribution in [0, 0.1) is 0 Å². The number of hydrogen-bond acceptors (Lipinski definition) is 4. The van der Waals surface area contributed by atoms with E-state index in [1.165, 1.54) is 0 Å². The molecule has 0 radical (unpaired) electrons. The summed E-state index contributed by atoms with van der Waals surface area (Å²) in [5, 5.41) is 20.9. The Kier molecular flexibility index (Phi) is 4.45. The van der Waals surface area contributed by atoms with Crippen LogP contribution in [-0.4, -0.2) is 31.3 Å². The van der Waals surface area contributed by atoms with Gasteiger partial charge < -0.3 is 5.11 Å². The lowest BCUT2D eigenvalue weighted by molar-refractivity contribution is 0.0696. The van der Waals surface area contributed by atoms with Crippen LogP contribution in [0.5, 0.6) is 0 Å². The zero-order valence-electron chi connectivity index (χ0n) is 11.7. The van der Waals surface area contributed by atoms with E-state index in [2.05, 4.69) is 29.4 Å². The van der Waals surface area contributed by atoms with Crippen molar-refractivity contribution in [2.45, 2.75) is 39.2 Å². The lowest BCUT2D eigenvalue weighted by atomic mass is 10.0. The molecule has 2 aromatic rings. The number of rotatable bonds is 6. The highest BCUT2D eigenvalue weighted by Gasteiger charge is 2.16. The van der Waals surface area contributed by atoms with E-state index in [0.29, 0.717) is 12.5 Å². The molecule has 106 valence electrons. The largest absolute Gasteiger partial charge is 0.478 e. The Morgan fingerprint density at radius 2 is 2.10 bits per heavy atom. The Labute approximate surface area is 117 Å². The molecular formula is C14H18N4O2. The molecule has 1 aromatic carbocycles. The molecule has 6 nitrogen and oxygen atoms in total. The van der Waals surface area contributed by atoms with Gasteiger partial charge in [0.15, 0.2) is 5.82 Å². The third-order valence-electron chi connectivity index (χ3n) is 3.42. The van der Waals surface area contributed by atoms with Crippen LogP contribution in [0.4, 0.5) is 0 Å². The molecule has 0 aliphatic carbocycles. The average Bonchev–Trinajstić information content (AvgIpc) is 2.89. The molecule has 2 rings (SSSR count). The predicted octanol–water partition coefficient (Wildman–Crippen LogP) is 2.32. The van der Waals surface area contributed by atoms with Crippen molar-refractivity contribution >= 4 is 5.97 Å². The molecular weight excluding hydrogens is 256 g/mol. The summed E-state index contributed by atoms with van der Waals surface area (Å²) in [6.07, 6.45) is 1.96. The Morgan fingerprint density at radius 1 is 1.35 bits per heavy atom. The van der Waals surface area contributed by atoms with E-state index in [-0.39, 0.29) is 5.56 Å². The minimum Gasteiger partial charge on any atom is -0.478 e. The van der Waals surface area contributed by atoms with E-state index in [9.17, 15) is 4.79 Å². The van der Waals surface area contributed by atoms with Crippen LogP contribution in [0.15, 0.2) is 24.3 Å². The number of nitrogens with zero attached hydrogens (tertiary/aromatic N) is 4. The average molecular weight is 274 g/mol. The van der Waals surface area contributed by atoms with Crippen molar-refractivity contribution in [2.75, 3.05) is 0 Å². The van der Waals surface area contributed by atoms with Crippen molar-refractivity contribution in [3.05, 3.63) is 41.2 Å². The molecule has 0 amide bonds. The van der Waals surface area contributed by atoms with Gasteiger partial charge in [0.2, 0.25) is 0 Å².